The van der Waals surface area contributed by atoms with Crippen molar-refractivity contribution in [3.8, 4) is 5.75 Å². The van der Waals surface area contributed by atoms with Crippen LogP contribution < -0.4 is 4.74 Å². The molecule has 1 aromatic carbocycles. The van der Waals surface area contributed by atoms with Gasteiger partial charge in [0.05, 0.1) is 17.0 Å². The van der Waals surface area contributed by atoms with E-state index in [1.54, 1.807) is 0 Å². The summed E-state index contributed by atoms with van der Waals surface area (Å²) < 4.78 is 11.8. The van der Waals surface area contributed by atoms with Gasteiger partial charge in [-0.05, 0) is 49.6 Å². The van der Waals surface area contributed by atoms with Crippen molar-refractivity contribution >= 4 is 22.9 Å². The first kappa shape index (κ1) is 21.5. The van der Waals surface area contributed by atoms with Crippen LogP contribution in [-0.4, -0.2) is 57.6 Å². The van der Waals surface area contributed by atoms with Crippen LogP contribution in [0.1, 0.15) is 36.0 Å². The van der Waals surface area contributed by atoms with Gasteiger partial charge in [-0.3, -0.25) is 0 Å². The summed E-state index contributed by atoms with van der Waals surface area (Å²) >= 11 is 7.65. The van der Waals surface area contributed by atoms with E-state index in [1.807, 2.05) is 44.2 Å². The molecule has 0 bridgehead atoms. The first-order valence-corrected chi connectivity index (χ1v) is 10.3. The summed E-state index contributed by atoms with van der Waals surface area (Å²) in [5.74, 6) is 0.803. The van der Waals surface area contributed by atoms with Crippen LogP contribution in [-0.2, 0) is 11.2 Å². The predicted octanol–water partition coefficient (Wildman–Crippen LogP) is 2.29. The summed E-state index contributed by atoms with van der Waals surface area (Å²) in [4.78, 5) is 0.636. The van der Waals surface area contributed by atoms with Crippen molar-refractivity contribution in [2.75, 3.05) is 6.61 Å². The summed E-state index contributed by atoms with van der Waals surface area (Å²) in [5, 5.41) is 39.6. The summed E-state index contributed by atoms with van der Waals surface area (Å²) in [6.07, 6.45) is -5.21. The molecular weight excluding hydrogens is 404 g/mol. The van der Waals surface area contributed by atoms with Crippen LogP contribution >= 0.6 is 22.9 Å². The molecule has 4 N–H and O–H groups in total. The van der Waals surface area contributed by atoms with E-state index in [2.05, 4.69) is 0 Å². The lowest BCUT2D eigenvalue weighted by Crippen LogP contribution is -2.55. The minimum absolute atomic E-state index is 0.110. The molecule has 0 aliphatic carbocycles. The Balaban J connectivity index is 1.75. The van der Waals surface area contributed by atoms with E-state index in [1.165, 1.54) is 11.3 Å². The smallest absolute Gasteiger partial charge is 0.121 e. The van der Waals surface area contributed by atoms with Gasteiger partial charge in [0.25, 0.3) is 0 Å². The molecule has 1 saturated heterocycles. The van der Waals surface area contributed by atoms with E-state index in [0.29, 0.717) is 15.6 Å². The Hall–Kier alpha value is -1.19. The van der Waals surface area contributed by atoms with Crippen molar-refractivity contribution in [3.05, 3.63) is 50.7 Å². The first-order valence-electron chi connectivity index (χ1n) is 9.14. The summed E-state index contributed by atoms with van der Waals surface area (Å²) in [7, 11) is 0. The van der Waals surface area contributed by atoms with Crippen LogP contribution in [0.3, 0.4) is 0 Å². The van der Waals surface area contributed by atoms with Gasteiger partial charge in [0.2, 0.25) is 0 Å². The van der Waals surface area contributed by atoms with E-state index in [4.69, 9.17) is 21.1 Å². The number of rotatable bonds is 6. The van der Waals surface area contributed by atoms with Gasteiger partial charge in [0, 0.05) is 4.88 Å². The van der Waals surface area contributed by atoms with Gasteiger partial charge in [-0.1, -0.05) is 23.7 Å². The highest BCUT2D eigenvalue weighted by molar-refractivity contribution is 7.16. The number of ether oxygens (including phenoxy) is 2. The monoisotopic (exact) mass is 428 g/mol. The van der Waals surface area contributed by atoms with E-state index < -0.39 is 37.1 Å². The third-order valence-electron chi connectivity index (χ3n) is 4.64. The van der Waals surface area contributed by atoms with Crippen LogP contribution in [0, 0.1) is 0 Å². The van der Waals surface area contributed by atoms with E-state index >= 15 is 0 Å². The number of halogens is 1. The van der Waals surface area contributed by atoms with E-state index in [9.17, 15) is 20.4 Å². The van der Waals surface area contributed by atoms with Gasteiger partial charge < -0.3 is 29.9 Å². The SMILES string of the molecule is CC(C)Oc1ccc(Cc2cc([C@@H]3O[C@H](CO)[C@@H](O)[C@H](O)[C@H]3O)sc2Cl)cc1. The molecule has 0 unspecified atom stereocenters. The standard InChI is InChI=1S/C20H25ClO6S/c1-10(2)26-13-5-3-11(4-6-13)7-12-8-15(28-20(12)21)19-18(25)17(24)16(23)14(9-22)27-19/h3-6,8,10,14,16-19,22-25H,7,9H2,1-2H3/t14-,16-,17+,18-,19+/m1/s1. The van der Waals surface area contributed by atoms with Crippen LogP contribution in [0.15, 0.2) is 30.3 Å². The second-order valence-corrected chi connectivity index (χ2v) is 8.87. The largest absolute Gasteiger partial charge is 0.491 e. The molecule has 28 heavy (non-hydrogen) atoms. The van der Waals surface area contributed by atoms with Crippen molar-refractivity contribution in [1.29, 1.82) is 0 Å². The maximum atomic E-state index is 10.3. The molecule has 154 valence electrons. The molecule has 3 rings (SSSR count). The molecule has 0 saturated carbocycles. The highest BCUT2D eigenvalue weighted by atomic mass is 35.5. The topological polar surface area (TPSA) is 99.4 Å². The number of aliphatic hydroxyl groups is 4. The minimum Gasteiger partial charge on any atom is -0.491 e. The van der Waals surface area contributed by atoms with Gasteiger partial charge in [-0.2, -0.15) is 0 Å². The molecule has 0 spiro atoms. The zero-order chi connectivity index (χ0) is 20.4. The molecule has 1 aromatic heterocycles. The predicted molar refractivity (Wildman–Crippen MR) is 107 cm³/mol. The summed E-state index contributed by atoms with van der Waals surface area (Å²) in [6, 6.07) is 9.60. The van der Waals surface area contributed by atoms with Crippen molar-refractivity contribution in [3.63, 3.8) is 0 Å². The maximum absolute atomic E-state index is 10.3. The highest BCUT2D eigenvalue weighted by Crippen LogP contribution is 2.39. The second kappa shape index (κ2) is 9.09. The van der Waals surface area contributed by atoms with Crippen LogP contribution in [0.2, 0.25) is 4.34 Å². The molecule has 2 heterocycles. The number of thiophene rings is 1. The lowest BCUT2D eigenvalue weighted by molar-refractivity contribution is -0.230. The Kier molecular flexibility index (Phi) is 6.98. The molecule has 1 fully saturated rings. The second-order valence-electron chi connectivity index (χ2n) is 7.18. The number of hydrogen-bond donors (Lipinski definition) is 4. The van der Waals surface area contributed by atoms with Gasteiger partial charge >= 0.3 is 0 Å². The van der Waals surface area contributed by atoms with Gasteiger partial charge in [0.1, 0.15) is 36.3 Å². The molecule has 1 aliphatic heterocycles. The lowest BCUT2D eigenvalue weighted by atomic mass is 9.94. The van der Waals surface area contributed by atoms with Crippen molar-refractivity contribution < 1.29 is 29.9 Å². The van der Waals surface area contributed by atoms with E-state index in [0.717, 1.165) is 16.9 Å². The molecule has 8 heteroatoms. The third kappa shape index (κ3) is 4.68. The molecule has 6 nitrogen and oxygen atoms in total. The molecule has 2 aromatic rings. The highest BCUT2D eigenvalue weighted by Gasteiger charge is 2.44. The molecule has 0 radical (unpaired) electrons. The quantitative estimate of drug-likeness (QED) is 0.563. The molecule has 1 aliphatic rings. The Morgan fingerprint density at radius 3 is 2.39 bits per heavy atom. The number of aliphatic hydroxyl groups excluding tert-OH is 4. The zero-order valence-electron chi connectivity index (χ0n) is 15.7. The van der Waals surface area contributed by atoms with E-state index in [-0.39, 0.29) is 6.10 Å². The Bertz CT molecular complexity index is 776. The fraction of sp³-hybridized carbons (Fsp3) is 0.500. The maximum Gasteiger partial charge on any atom is 0.121 e. The lowest BCUT2D eigenvalue weighted by Gasteiger charge is -2.39. The fourth-order valence-corrected chi connectivity index (χ4v) is 4.57. The van der Waals surface area contributed by atoms with Crippen molar-refractivity contribution in [2.45, 2.75) is 56.9 Å². The summed E-state index contributed by atoms with van der Waals surface area (Å²) in [6.45, 7) is 3.48. The molecule has 0 amide bonds. The minimum atomic E-state index is -1.41. The van der Waals surface area contributed by atoms with Gasteiger partial charge in [0.15, 0.2) is 0 Å². The fourth-order valence-electron chi connectivity index (χ4n) is 3.20. The van der Waals surface area contributed by atoms with Gasteiger partial charge in [-0.15, -0.1) is 11.3 Å². The molecule has 5 atom stereocenters. The Morgan fingerprint density at radius 1 is 1.11 bits per heavy atom. The zero-order valence-corrected chi connectivity index (χ0v) is 17.2. The first-order chi connectivity index (χ1) is 13.3. The molecular formula is C20H25ClO6S. The van der Waals surface area contributed by atoms with Crippen LogP contribution in [0.25, 0.3) is 0 Å². The average molecular weight is 429 g/mol. The van der Waals surface area contributed by atoms with Crippen LogP contribution in [0.4, 0.5) is 0 Å². The normalized spacial score (nSPS) is 27.9. The van der Waals surface area contributed by atoms with Crippen molar-refractivity contribution in [2.24, 2.45) is 0 Å². The Labute approximate surface area is 172 Å². The Morgan fingerprint density at radius 2 is 1.79 bits per heavy atom. The average Bonchev–Trinajstić information content (AvgIpc) is 3.01. The van der Waals surface area contributed by atoms with Crippen LogP contribution in [0.5, 0.6) is 5.75 Å². The summed E-state index contributed by atoms with van der Waals surface area (Å²) in [5.41, 5.74) is 1.92. The third-order valence-corrected chi connectivity index (χ3v) is 6.14. The number of benzene rings is 1. The van der Waals surface area contributed by atoms with Gasteiger partial charge in [-0.25, -0.2) is 0 Å². The van der Waals surface area contributed by atoms with Crippen molar-refractivity contribution in [1.82, 2.24) is 0 Å². The number of hydrogen-bond acceptors (Lipinski definition) is 7.